The van der Waals surface area contributed by atoms with Gasteiger partial charge in [-0.15, -0.1) is 5.10 Å². The van der Waals surface area contributed by atoms with E-state index in [1.807, 2.05) is 0 Å². The largest absolute Gasteiger partial charge is 0.330 e. The normalized spacial score (nSPS) is 10.5. The van der Waals surface area contributed by atoms with Crippen molar-refractivity contribution in [2.45, 2.75) is 19.4 Å². The monoisotopic (exact) mass is 172 g/mol. The van der Waals surface area contributed by atoms with Crippen molar-refractivity contribution >= 4 is 0 Å². The molecule has 0 amide bonds. The molecule has 0 unspecified atom stereocenters. The summed E-state index contributed by atoms with van der Waals surface area (Å²) >= 11 is 0. The molecule has 4 nitrogen and oxygen atoms in total. The highest BCUT2D eigenvalue weighted by Crippen LogP contribution is 1.99. The standard InChI is InChI=1S/C7H13FN4/c8-3-5-12-7(2-1-4-9)6-10-11-12/h6H,1-5,9H2. The fourth-order valence-electron chi connectivity index (χ4n) is 1.02. The molecule has 1 aromatic rings. The summed E-state index contributed by atoms with van der Waals surface area (Å²) in [6, 6.07) is 0. The van der Waals surface area contributed by atoms with E-state index in [2.05, 4.69) is 10.3 Å². The lowest BCUT2D eigenvalue weighted by Crippen LogP contribution is -2.08. The van der Waals surface area contributed by atoms with Crippen molar-refractivity contribution in [1.82, 2.24) is 15.0 Å². The number of alkyl halides is 1. The third kappa shape index (κ3) is 2.27. The number of halogens is 1. The molecular formula is C7H13FN4. The van der Waals surface area contributed by atoms with E-state index in [4.69, 9.17) is 5.73 Å². The molecule has 68 valence electrons. The Morgan fingerprint density at radius 1 is 1.58 bits per heavy atom. The molecule has 0 atom stereocenters. The molecule has 0 aliphatic rings. The van der Waals surface area contributed by atoms with Crippen LogP contribution in [-0.4, -0.2) is 28.2 Å². The highest BCUT2D eigenvalue weighted by molar-refractivity contribution is 4.93. The molecule has 0 saturated carbocycles. The molecule has 1 heterocycles. The van der Waals surface area contributed by atoms with Crippen LogP contribution in [0.4, 0.5) is 4.39 Å². The van der Waals surface area contributed by atoms with Gasteiger partial charge in [-0.3, -0.25) is 0 Å². The van der Waals surface area contributed by atoms with E-state index in [0.717, 1.165) is 18.5 Å². The summed E-state index contributed by atoms with van der Waals surface area (Å²) in [4.78, 5) is 0. The number of nitrogens with zero attached hydrogens (tertiary/aromatic N) is 3. The quantitative estimate of drug-likeness (QED) is 0.687. The fraction of sp³-hybridized carbons (Fsp3) is 0.714. The van der Waals surface area contributed by atoms with E-state index in [0.29, 0.717) is 13.1 Å². The second kappa shape index (κ2) is 4.82. The number of nitrogens with two attached hydrogens (primary N) is 1. The van der Waals surface area contributed by atoms with Gasteiger partial charge in [0.1, 0.15) is 6.67 Å². The van der Waals surface area contributed by atoms with Crippen LogP contribution in [0, 0.1) is 0 Å². The average Bonchev–Trinajstić information content (AvgIpc) is 2.50. The molecule has 1 aromatic heterocycles. The first kappa shape index (κ1) is 9.12. The topological polar surface area (TPSA) is 56.7 Å². The van der Waals surface area contributed by atoms with Gasteiger partial charge in [-0.05, 0) is 19.4 Å². The van der Waals surface area contributed by atoms with Crippen LogP contribution < -0.4 is 5.73 Å². The van der Waals surface area contributed by atoms with Gasteiger partial charge in [-0.25, -0.2) is 9.07 Å². The van der Waals surface area contributed by atoms with Gasteiger partial charge >= 0.3 is 0 Å². The van der Waals surface area contributed by atoms with Crippen LogP contribution in [0.15, 0.2) is 6.20 Å². The van der Waals surface area contributed by atoms with Gasteiger partial charge in [0, 0.05) is 0 Å². The Morgan fingerprint density at radius 2 is 2.42 bits per heavy atom. The van der Waals surface area contributed by atoms with Gasteiger partial charge in [0.2, 0.25) is 0 Å². The Kier molecular flexibility index (Phi) is 3.66. The zero-order valence-corrected chi connectivity index (χ0v) is 6.91. The zero-order chi connectivity index (χ0) is 8.81. The number of aryl methyl sites for hydroxylation is 2. The third-order valence-corrected chi connectivity index (χ3v) is 1.63. The number of hydrogen-bond acceptors (Lipinski definition) is 3. The van der Waals surface area contributed by atoms with Crippen molar-refractivity contribution in [3.8, 4) is 0 Å². The summed E-state index contributed by atoms with van der Waals surface area (Å²) in [6.07, 6.45) is 3.37. The van der Waals surface area contributed by atoms with Crippen molar-refractivity contribution in [2.75, 3.05) is 13.2 Å². The number of aromatic nitrogens is 3. The summed E-state index contributed by atoms with van der Waals surface area (Å²) in [5.74, 6) is 0. The number of hydrogen-bond donors (Lipinski definition) is 1. The van der Waals surface area contributed by atoms with Crippen LogP contribution in [0.2, 0.25) is 0 Å². The van der Waals surface area contributed by atoms with E-state index in [-0.39, 0.29) is 0 Å². The van der Waals surface area contributed by atoms with Gasteiger partial charge in [0.25, 0.3) is 0 Å². The Bertz CT molecular complexity index is 223. The SMILES string of the molecule is NCCCc1cnnn1CCF. The summed E-state index contributed by atoms with van der Waals surface area (Å²) in [5, 5.41) is 7.44. The Morgan fingerprint density at radius 3 is 3.08 bits per heavy atom. The lowest BCUT2D eigenvalue weighted by molar-refractivity contribution is 0.414. The maximum atomic E-state index is 11.9. The van der Waals surface area contributed by atoms with E-state index < -0.39 is 6.67 Å². The minimum absolute atomic E-state index is 0.292. The van der Waals surface area contributed by atoms with Crippen LogP contribution in [-0.2, 0) is 13.0 Å². The van der Waals surface area contributed by atoms with E-state index in [9.17, 15) is 4.39 Å². The molecule has 5 heteroatoms. The maximum absolute atomic E-state index is 11.9. The predicted molar refractivity (Wildman–Crippen MR) is 43.4 cm³/mol. The van der Waals surface area contributed by atoms with Crippen LogP contribution in [0.3, 0.4) is 0 Å². The van der Waals surface area contributed by atoms with Gasteiger partial charge in [0.05, 0.1) is 18.4 Å². The molecule has 1 rings (SSSR count). The van der Waals surface area contributed by atoms with E-state index in [1.165, 1.54) is 0 Å². The molecule has 12 heavy (non-hydrogen) atoms. The highest BCUT2D eigenvalue weighted by atomic mass is 19.1. The number of rotatable bonds is 5. The first-order valence-corrected chi connectivity index (χ1v) is 4.02. The highest BCUT2D eigenvalue weighted by Gasteiger charge is 2.01. The van der Waals surface area contributed by atoms with Crippen LogP contribution >= 0.6 is 0 Å². The molecule has 0 fully saturated rings. The molecule has 0 aromatic carbocycles. The van der Waals surface area contributed by atoms with Gasteiger partial charge in [0.15, 0.2) is 0 Å². The zero-order valence-electron chi connectivity index (χ0n) is 6.91. The predicted octanol–water partition coefficient (Wildman–Crippen LogP) is 0.139. The third-order valence-electron chi connectivity index (χ3n) is 1.63. The first-order chi connectivity index (χ1) is 5.88. The van der Waals surface area contributed by atoms with E-state index in [1.54, 1.807) is 10.9 Å². The average molecular weight is 172 g/mol. The van der Waals surface area contributed by atoms with Crippen LogP contribution in [0.1, 0.15) is 12.1 Å². The lowest BCUT2D eigenvalue weighted by Gasteiger charge is -2.01. The Hall–Kier alpha value is -0.970. The van der Waals surface area contributed by atoms with Crippen molar-refractivity contribution in [3.63, 3.8) is 0 Å². The molecule has 0 saturated heterocycles. The molecule has 0 spiro atoms. The molecule has 0 radical (unpaired) electrons. The van der Waals surface area contributed by atoms with Crippen molar-refractivity contribution in [3.05, 3.63) is 11.9 Å². The van der Waals surface area contributed by atoms with Crippen LogP contribution in [0.5, 0.6) is 0 Å². The molecule has 0 aliphatic heterocycles. The van der Waals surface area contributed by atoms with Crippen LogP contribution in [0.25, 0.3) is 0 Å². The molecule has 0 bridgehead atoms. The maximum Gasteiger partial charge on any atom is 0.109 e. The summed E-state index contributed by atoms with van der Waals surface area (Å²) in [7, 11) is 0. The summed E-state index contributed by atoms with van der Waals surface area (Å²) in [5.41, 5.74) is 6.30. The minimum atomic E-state index is -0.404. The Balaban J connectivity index is 2.51. The Labute approximate surface area is 70.6 Å². The van der Waals surface area contributed by atoms with Gasteiger partial charge in [-0.1, -0.05) is 5.21 Å². The minimum Gasteiger partial charge on any atom is -0.330 e. The lowest BCUT2D eigenvalue weighted by atomic mass is 10.2. The fourth-order valence-corrected chi connectivity index (χ4v) is 1.02. The van der Waals surface area contributed by atoms with Gasteiger partial charge < -0.3 is 5.73 Å². The second-order valence-corrected chi connectivity index (χ2v) is 2.53. The van der Waals surface area contributed by atoms with E-state index >= 15 is 0 Å². The molecule has 0 aliphatic carbocycles. The van der Waals surface area contributed by atoms with Gasteiger partial charge in [-0.2, -0.15) is 0 Å². The first-order valence-electron chi connectivity index (χ1n) is 4.02. The summed E-state index contributed by atoms with van der Waals surface area (Å²) < 4.78 is 13.5. The molecular weight excluding hydrogens is 159 g/mol. The smallest absolute Gasteiger partial charge is 0.109 e. The second-order valence-electron chi connectivity index (χ2n) is 2.53. The molecule has 2 N–H and O–H groups in total. The van der Waals surface area contributed by atoms with Crippen molar-refractivity contribution < 1.29 is 4.39 Å². The van der Waals surface area contributed by atoms with Crippen molar-refractivity contribution in [1.29, 1.82) is 0 Å². The van der Waals surface area contributed by atoms with Crippen molar-refractivity contribution in [2.24, 2.45) is 5.73 Å². The summed E-state index contributed by atoms with van der Waals surface area (Å²) in [6.45, 7) is 0.527.